The van der Waals surface area contributed by atoms with Gasteiger partial charge in [0.05, 0.1) is 25.0 Å². The molecular formula is C31H40N8O3. The number of nitrogens with zero attached hydrogens (tertiary/aromatic N) is 7. The van der Waals surface area contributed by atoms with E-state index in [1.165, 1.54) is 12.5 Å². The van der Waals surface area contributed by atoms with E-state index in [4.69, 9.17) is 14.7 Å². The highest BCUT2D eigenvalue weighted by molar-refractivity contribution is 5.87. The molecule has 2 aromatic heterocycles. The number of nitrogens with one attached hydrogen (secondary N) is 1. The number of carbonyl (C=O) groups is 1. The van der Waals surface area contributed by atoms with E-state index in [1.54, 1.807) is 22.8 Å². The zero-order valence-corrected chi connectivity index (χ0v) is 24.6. The SMILES string of the molecule is C=CC(=O)N1CC[C@H](n2c(=O)c(C3CCCCC3)nc3cnc(Nc4ccc(N5CCN(C)CC5)cc4OC)nc32)C1. The number of amides is 1. The molecule has 3 fully saturated rings. The van der Waals surface area contributed by atoms with Crippen molar-refractivity contribution in [3.8, 4) is 5.75 Å². The van der Waals surface area contributed by atoms with Crippen molar-refractivity contribution in [2.75, 3.05) is 63.6 Å². The summed E-state index contributed by atoms with van der Waals surface area (Å²) in [6.07, 6.45) is 9.01. The van der Waals surface area contributed by atoms with Gasteiger partial charge in [0.2, 0.25) is 11.9 Å². The lowest BCUT2D eigenvalue weighted by Crippen LogP contribution is -2.44. The zero-order valence-electron chi connectivity index (χ0n) is 24.6. The molecule has 0 bridgehead atoms. The van der Waals surface area contributed by atoms with Crippen molar-refractivity contribution >= 4 is 34.4 Å². The molecule has 1 aliphatic carbocycles. The van der Waals surface area contributed by atoms with Gasteiger partial charge in [-0.05, 0) is 44.5 Å². The van der Waals surface area contributed by atoms with Gasteiger partial charge in [-0.1, -0.05) is 25.8 Å². The number of aromatic nitrogens is 4. The molecular weight excluding hydrogens is 532 g/mol. The van der Waals surface area contributed by atoms with E-state index in [0.29, 0.717) is 48.1 Å². The lowest BCUT2D eigenvalue weighted by molar-refractivity contribution is -0.125. The molecule has 222 valence electrons. The zero-order chi connectivity index (χ0) is 29.2. The third kappa shape index (κ3) is 5.57. The Labute approximate surface area is 246 Å². The number of methoxy groups -OCH3 is 1. The predicted molar refractivity (Wildman–Crippen MR) is 164 cm³/mol. The highest BCUT2D eigenvalue weighted by Crippen LogP contribution is 2.34. The number of rotatable bonds is 7. The Kier molecular flexibility index (Phi) is 8.10. The Bertz CT molecular complexity index is 1520. The molecule has 1 atom stereocenters. The number of fused-ring (bicyclic) bond motifs is 1. The maximum atomic E-state index is 14.1. The quantitative estimate of drug-likeness (QED) is 0.424. The van der Waals surface area contributed by atoms with E-state index in [9.17, 15) is 9.59 Å². The Morgan fingerprint density at radius 3 is 2.60 bits per heavy atom. The molecule has 4 heterocycles. The number of piperazine rings is 1. The number of hydrogen-bond donors (Lipinski definition) is 1. The van der Waals surface area contributed by atoms with E-state index in [-0.39, 0.29) is 23.4 Å². The summed E-state index contributed by atoms with van der Waals surface area (Å²) in [5, 5.41) is 3.31. The van der Waals surface area contributed by atoms with Gasteiger partial charge in [0.1, 0.15) is 17.0 Å². The lowest BCUT2D eigenvalue weighted by Gasteiger charge is -2.34. The number of likely N-dealkylation sites (N-methyl/N-ethyl adjacent to an activating group) is 1. The molecule has 1 saturated carbocycles. The van der Waals surface area contributed by atoms with Crippen LogP contribution >= 0.6 is 0 Å². The third-order valence-electron chi connectivity index (χ3n) is 8.96. The topological polar surface area (TPSA) is 109 Å². The average Bonchev–Trinajstić information content (AvgIpc) is 3.51. The Hall–Kier alpha value is -3.99. The molecule has 42 heavy (non-hydrogen) atoms. The second-order valence-electron chi connectivity index (χ2n) is 11.6. The molecule has 11 heteroatoms. The Morgan fingerprint density at radius 2 is 1.86 bits per heavy atom. The number of hydrogen-bond acceptors (Lipinski definition) is 9. The lowest BCUT2D eigenvalue weighted by atomic mass is 9.87. The minimum absolute atomic E-state index is 0.105. The average molecular weight is 573 g/mol. The van der Waals surface area contributed by atoms with Crippen molar-refractivity contribution in [1.29, 1.82) is 0 Å². The summed E-state index contributed by atoms with van der Waals surface area (Å²) in [6, 6.07) is 5.89. The Morgan fingerprint density at radius 1 is 1.07 bits per heavy atom. The van der Waals surface area contributed by atoms with E-state index < -0.39 is 0 Å². The first-order valence-electron chi connectivity index (χ1n) is 15.0. The van der Waals surface area contributed by atoms with Gasteiger partial charge in [0.15, 0.2) is 5.65 Å². The van der Waals surface area contributed by atoms with E-state index in [2.05, 4.69) is 39.8 Å². The standard InChI is InChI=1S/C31H40N8O3/c1-4-27(40)38-13-12-23(20-38)39-29-25(33-28(30(39)41)21-8-6-5-7-9-21)19-32-31(35-29)34-24-11-10-22(18-26(24)42-3)37-16-14-36(2)15-17-37/h4,10-11,18-19,21,23H,1,5-9,12-17,20H2,2-3H3,(H,32,34,35)/t23-/m0/s1. The van der Waals surface area contributed by atoms with Crippen LogP contribution in [0.15, 0.2) is 41.8 Å². The first-order valence-corrected chi connectivity index (χ1v) is 15.0. The smallest absolute Gasteiger partial charge is 0.274 e. The van der Waals surface area contributed by atoms with Crippen molar-refractivity contribution in [2.45, 2.75) is 50.5 Å². The summed E-state index contributed by atoms with van der Waals surface area (Å²) < 4.78 is 7.51. The van der Waals surface area contributed by atoms with E-state index in [0.717, 1.165) is 63.2 Å². The van der Waals surface area contributed by atoms with Gasteiger partial charge in [-0.25, -0.2) is 9.97 Å². The summed E-state index contributed by atoms with van der Waals surface area (Å²) in [4.78, 5) is 47.1. The second kappa shape index (κ2) is 12.1. The van der Waals surface area contributed by atoms with Gasteiger partial charge < -0.3 is 24.8 Å². The summed E-state index contributed by atoms with van der Waals surface area (Å²) in [7, 11) is 3.80. The van der Waals surface area contributed by atoms with Crippen molar-refractivity contribution in [3.63, 3.8) is 0 Å². The molecule has 0 unspecified atom stereocenters. The summed E-state index contributed by atoms with van der Waals surface area (Å²) >= 11 is 0. The van der Waals surface area contributed by atoms with E-state index >= 15 is 0 Å². The van der Waals surface area contributed by atoms with Gasteiger partial charge >= 0.3 is 0 Å². The molecule has 11 nitrogen and oxygen atoms in total. The fraction of sp³-hybridized carbons (Fsp3) is 0.516. The van der Waals surface area contributed by atoms with Crippen molar-refractivity contribution in [3.05, 3.63) is 53.1 Å². The maximum absolute atomic E-state index is 14.1. The monoisotopic (exact) mass is 572 g/mol. The van der Waals surface area contributed by atoms with Crippen LogP contribution in [0, 0.1) is 0 Å². The van der Waals surface area contributed by atoms with Gasteiger partial charge in [0, 0.05) is 56.9 Å². The number of anilines is 3. The fourth-order valence-electron chi connectivity index (χ4n) is 6.51. The highest BCUT2D eigenvalue weighted by atomic mass is 16.5. The van der Waals surface area contributed by atoms with Crippen LogP contribution in [0.2, 0.25) is 0 Å². The van der Waals surface area contributed by atoms with Crippen molar-refractivity contribution in [2.24, 2.45) is 0 Å². The number of carbonyl (C=O) groups excluding carboxylic acids is 1. The minimum atomic E-state index is -0.200. The van der Waals surface area contributed by atoms with Crippen LogP contribution in [0.5, 0.6) is 5.75 Å². The van der Waals surface area contributed by atoms with Crippen LogP contribution in [0.3, 0.4) is 0 Å². The van der Waals surface area contributed by atoms with Crippen LogP contribution in [0.1, 0.15) is 56.2 Å². The largest absolute Gasteiger partial charge is 0.494 e. The predicted octanol–water partition coefficient (Wildman–Crippen LogP) is 3.70. The molecule has 3 aliphatic rings. The number of ether oxygens (including phenoxy) is 1. The van der Waals surface area contributed by atoms with Crippen molar-refractivity contribution in [1.82, 2.24) is 29.3 Å². The van der Waals surface area contributed by atoms with E-state index in [1.807, 2.05) is 12.1 Å². The highest BCUT2D eigenvalue weighted by Gasteiger charge is 2.31. The minimum Gasteiger partial charge on any atom is -0.494 e. The van der Waals surface area contributed by atoms with Gasteiger partial charge in [-0.15, -0.1) is 0 Å². The first-order chi connectivity index (χ1) is 20.4. The molecule has 0 spiro atoms. The molecule has 3 aromatic rings. The van der Waals surface area contributed by atoms with Gasteiger partial charge in [-0.3, -0.25) is 14.2 Å². The normalized spacial score (nSPS) is 20.2. The number of likely N-dealkylation sites (tertiary alicyclic amines) is 1. The van der Waals surface area contributed by atoms with Crippen LogP contribution in [-0.2, 0) is 4.79 Å². The first kappa shape index (κ1) is 28.1. The van der Waals surface area contributed by atoms with Crippen molar-refractivity contribution < 1.29 is 9.53 Å². The van der Waals surface area contributed by atoms with Crippen LogP contribution in [-0.4, -0.2) is 88.7 Å². The molecule has 2 aliphatic heterocycles. The molecule has 1 aromatic carbocycles. The second-order valence-corrected chi connectivity index (χ2v) is 11.6. The van der Waals surface area contributed by atoms with Crippen LogP contribution < -0.4 is 20.5 Å². The number of benzene rings is 1. The van der Waals surface area contributed by atoms with Crippen LogP contribution in [0.25, 0.3) is 11.2 Å². The molecule has 1 N–H and O–H groups in total. The summed E-state index contributed by atoms with van der Waals surface area (Å²) in [5.41, 5.74) is 3.40. The summed E-state index contributed by atoms with van der Waals surface area (Å²) in [6.45, 7) is 8.60. The molecule has 0 radical (unpaired) electrons. The third-order valence-corrected chi connectivity index (χ3v) is 8.96. The fourth-order valence-corrected chi connectivity index (χ4v) is 6.51. The van der Waals surface area contributed by atoms with Gasteiger partial charge in [-0.2, -0.15) is 4.98 Å². The molecule has 1 amide bonds. The Balaban J connectivity index is 1.35. The summed E-state index contributed by atoms with van der Waals surface area (Å²) in [5.74, 6) is 1.05. The molecule has 6 rings (SSSR count). The van der Waals surface area contributed by atoms with Crippen LogP contribution in [0.4, 0.5) is 17.3 Å². The van der Waals surface area contributed by atoms with Gasteiger partial charge in [0.25, 0.3) is 5.56 Å². The molecule has 2 saturated heterocycles. The maximum Gasteiger partial charge on any atom is 0.274 e.